The number of rotatable bonds is 9. The number of ether oxygens (including phenoxy) is 2. The van der Waals surface area contributed by atoms with E-state index in [9.17, 15) is 14.4 Å². The van der Waals surface area contributed by atoms with E-state index in [0.29, 0.717) is 40.4 Å². The van der Waals surface area contributed by atoms with Crippen LogP contribution in [0.4, 0.5) is 16.3 Å². The molecule has 2 N–H and O–H groups in total. The number of hydrogen-bond acceptors (Lipinski definition) is 9. The Balaban J connectivity index is 1.24. The molecule has 1 atom stereocenters. The number of carbonyl (C=O) groups is 3. The topological polar surface area (TPSA) is 118 Å². The molecule has 2 fully saturated rings. The maximum absolute atomic E-state index is 13.6. The van der Waals surface area contributed by atoms with Crippen LogP contribution in [0, 0.1) is 0 Å². The lowest BCUT2D eigenvalue weighted by Gasteiger charge is -2.28. The predicted molar refractivity (Wildman–Crippen MR) is 170 cm³/mol. The molecule has 4 aromatic rings. The number of nitrogens with one attached hydrogen (secondary N) is 2. The van der Waals surface area contributed by atoms with Gasteiger partial charge >= 0.3 is 6.09 Å². The monoisotopic (exact) mass is 616 g/mol. The quantitative estimate of drug-likeness (QED) is 0.277. The van der Waals surface area contributed by atoms with Gasteiger partial charge in [0, 0.05) is 30.9 Å². The van der Waals surface area contributed by atoms with Crippen LogP contribution in [0.25, 0.3) is 10.2 Å². The van der Waals surface area contributed by atoms with Gasteiger partial charge in [-0.15, -0.1) is 16.4 Å². The van der Waals surface area contributed by atoms with Crippen LogP contribution in [-0.2, 0) is 9.47 Å². The minimum absolute atomic E-state index is 0.158. The number of carbonyl (C=O) groups excluding carboxylic acids is 3. The van der Waals surface area contributed by atoms with E-state index >= 15 is 0 Å². The summed E-state index contributed by atoms with van der Waals surface area (Å²) in [5.74, 6) is -0.450. The molecule has 0 saturated carbocycles. The minimum atomic E-state index is -0.683. The molecule has 0 aliphatic carbocycles. The van der Waals surface area contributed by atoms with Crippen LogP contribution in [0.1, 0.15) is 51.4 Å². The van der Waals surface area contributed by atoms with E-state index in [-0.39, 0.29) is 30.3 Å². The maximum atomic E-state index is 13.6. The van der Waals surface area contributed by atoms with Crippen LogP contribution >= 0.6 is 11.3 Å². The molecule has 2 aromatic heterocycles. The lowest BCUT2D eigenvalue weighted by Crippen LogP contribution is -2.36. The van der Waals surface area contributed by atoms with Crippen LogP contribution < -0.4 is 15.5 Å². The average molecular weight is 617 g/mol. The van der Waals surface area contributed by atoms with Gasteiger partial charge in [0.05, 0.1) is 36.1 Å². The smallest absolute Gasteiger partial charge is 0.436 e. The van der Waals surface area contributed by atoms with Crippen molar-refractivity contribution in [3.63, 3.8) is 0 Å². The van der Waals surface area contributed by atoms with Crippen LogP contribution in [0.3, 0.4) is 0 Å². The number of fused-ring (bicyclic) bond motifs is 1. The van der Waals surface area contributed by atoms with Crippen LogP contribution in [-0.4, -0.2) is 85.1 Å². The van der Waals surface area contributed by atoms with Crippen molar-refractivity contribution in [2.75, 3.05) is 62.8 Å². The molecule has 6 rings (SSSR count). The number of likely N-dealkylation sites (tertiary alicyclic amines) is 1. The van der Waals surface area contributed by atoms with E-state index < -0.39 is 6.09 Å². The molecule has 2 aliphatic heterocycles. The summed E-state index contributed by atoms with van der Waals surface area (Å²) in [7, 11) is 0. The van der Waals surface area contributed by atoms with Gasteiger partial charge in [0.1, 0.15) is 4.83 Å². The molecule has 0 unspecified atom stereocenters. The summed E-state index contributed by atoms with van der Waals surface area (Å²) in [6.07, 6.45) is 1.63. The fraction of sp³-hybridized carbons (Fsp3) is 0.375. The number of anilines is 2. The molecule has 11 nitrogen and oxygen atoms in total. The van der Waals surface area contributed by atoms with Crippen molar-refractivity contribution in [2.24, 2.45) is 0 Å². The third-order valence-corrected chi connectivity index (χ3v) is 9.02. The molecule has 4 heterocycles. The van der Waals surface area contributed by atoms with Gasteiger partial charge in [0.25, 0.3) is 11.8 Å². The molecular weight excluding hydrogens is 580 g/mol. The maximum Gasteiger partial charge on any atom is 0.436 e. The third kappa shape index (κ3) is 6.62. The number of morpholine rings is 1. The number of hydrogen-bond donors (Lipinski definition) is 2. The highest BCUT2D eigenvalue weighted by Crippen LogP contribution is 2.33. The standard InChI is InChI=1S/C32H36N6O5S/c1-2-43-32(41)38-31-25(28(35-38)34-29(39)23-10-12-24(13-11-23)37-16-18-42-19-17-37)20-27(44-31)30(40)33-26(21-36-14-6-7-15-36)22-8-4-3-5-9-22/h3-5,8-13,20,26H,2,6-7,14-19,21H2,1H3,(H,33,40)(H,34,35,39)/t26-/m1/s1. The predicted octanol–water partition coefficient (Wildman–Crippen LogP) is 4.76. The van der Waals surface area contributed by atoms with E-state index in [4.69, 9.17) is 9.47 Å². The van der Waals surface area contributed by atoms with Crippen molar-refractivity contribution in [1.82, 2.24) is 20.0 Å². The largest absolute Gasteiger partial charge is 0.448 e. The Kier molecular flexibility index (Phi) is 9.20. The van der Waals surface area contributed by atoms with Gasteiger partial charge in [-0.2, -0.15) is 4.68 Å². The van der Waals surface area contributed by atoms with Gasteiger partial charge in [-0.3, -0.25) is 9.59 Å². The molecule has 2 saturated heterocycles. The molecule has 44 heavy (non-hydrogen) atoms. The van der Waals surface area contributed by atoms with E-state index in [2.05, 4.69) is 25.5 Å². The van der Waals surface area contributed by atoms with Crippen LogP contribution in [0.15, 0.2) is 60.7 Å². The van der Waals surface area contributed by atoms with Gasteiger partial charge in [0.2, 0.25) is 0 Å². The van der Waals surface area contributed by atoms with Crippen molar-refractivity contribution in [3.05, 3.63) is 76.7 Å². The van der Waals surface area contributed by atoms with Gasteiger partial charge in [-0.05, 0) is 68.8 Å². The first kappa shape index (κ1) is 29.8. The Morgan fingerprint density at radius 3 is 2.41 bits per heavy atom. The van der Waals surface area contributed by atoms with Gasteiger partial charge in [-0.1, -0.05) is 30.3 Å². The second-order valence-electron chi connectivity index (χ2n) is 10.8. The fourth-order valence-electron chi connectivity index (χ4n) is 5.62. The second kappa shape index (κ2) is 13.6. The lowest BCUT2D eigenvalue weighted by molar-refractivity contribution is 0.0930. The third-order valence-electron chi connectivity index (χ3n) is 7.91. The summed E-state index contributed by atoms with van der Waals surface area (Å²) in [5.41, 5.74) is 2.49. The fourth-order valence-corrected chi connectivity index (χ4v) is 6.62. The van der Waals surface area contributed by atoms with Gasteiger partial charge < -0.3 is 29.9 Å². The normalized spacial score (nSPS) is 16.2. The SMILES string of the molecule is CCOC(=O)n1nc(NC(=O)c2ccc(N3CCOCC3)cc2)c2cc(C(=O)N[C@H](CN3CCCC3)c3ccccc3)sc21. The first-order chi connectivity index (χ1) is 21.5. The molecular formula is C32H36N6O5S. The second-order valence-corrected chi connectivity index (χ2v) is 11.9. The van der Waals surface area contributed by atoms with E-state index in [0.717, 1.165) is 66.3 Å². The van der Waals surface area contributed by atoms with Crippen molar-refractivity contribution < 1.29 is 23.9 Å². The number of benzene rings is 2. The minimum Gasteiger partial charge on any atom is -0.448 e. The average Bonchev–Trinajstić information content (AvgIpc) is 3.80. The molecule has 0 bridgehead atoms. The molecule has 0 spiro atoms. The highest BCUT2D eigenvalue weighted by Gasteiger charge is 2.26. The Hall–Kier alpha value is -4.26. The van der Waals surface area contributed by atoms with Crippen LogP contribution in [0.5, 0.6) is 0 Å². The summed E-state index contributed by atoms with van der Waals surface area (Å²) in [4.78, 5) is 45.1. The molecule has 2 aromatic carbocycles. The highest BCUT2D eigenvalue weighted by molar-refractivity contribution is 7.20. The van der Waals surface area contributed by atoms with Crippen molar-refractivity contribution in [2.45, 2.75) is 25.8 Å². The number of amides is 2. The Labute approximate surface area is 259 Å². The van der Waals surface area contributed by atoms with E-state index in [1.807, 2.05) is 42.5 Å². The Bertz CT molecular complexity index is 1610. The zero-order valence-electron chi connectivity index (χ0n) is 24.7. The lowest BCUT2D eigenvalue weighted by atomic mass is 10.1. The van der Waals surface area contributed by atoms with E-state index in [1.165, 1.54) is 0 Å². The molecule has 0 radical (unpaired) electrons. The van der Waals surface area contributed by atoms with Crippen molar-refractivity contribution >= 4 is 51.0 Å². The van der Waals surface area contributed by atoms with Gasteiger partial charge in [0.15, 0.2) is 5.82 Å². The molecule has 230 valence electrons. The zero-order valence-corrected chi connectivity index (χ0v) is 25.5. The Morgan fingerprint density at radius 2 is 1.70 bits per heavy atom. The first-order valence-electron chi connectivity index (χ1n) is 15.0. The molecule has 2 aliphatic rings. The summed E-state index contributed by atoms with van der Waals surface area (Å²) in [6.45, 7) is 7.54. The summed E-state index contributed by atoms with van der Waals surface area (Å²) >= 11 is 1.13. The van der Waals surface area contributed by atoms with Gasteiger partial charge in [-0.25, -0.2) is 4.79 Å². The highest BCUT2D eigenvalue weighted by atomic mass is 32.1. The summed E-state index contributed by atoms with van der Waals surface area (Å²) in [6, 6.07) is 18.7. The van der Waals surface area contributed by atoms with Crippen molar-refractivity contribution in [1.29, 1.82) is 0 Å². The van der Waals surface area contributed by atoms with E-state index in [1.54, 1.807) is 25.1 Å². The zero-order chi connectivity index (χ0) is 30.5. The molecule has 2 amide bonds. The number of thiophene rings is 1. The number of aromatic nitrogens is 2. The molecule has 12 heteroatoms. The number of nitrogens with zero attached hydrogens (tertiary/aromatic N) is 4. The van der Waals surface area contributed by atoms with Crippen LogP contribution in [0.2, 0.25) is 0 Å². The van der Waals surface area contributed by atoms with Crippen molar-refractivity contribution in [3.8, 4) is 0 Å². The summed E-state index contributed by atoms with van der Waals surface area (Å²) < 4.78 is 11.7. The summed E-state index contributed by atoms with van der Waals surface area (Å²) in [5, 5.41) is 10.9. The first-order valence-corrected chi connectivity index (χ1v) is 15.8. The Morgan fingerprint density at radius 1 is 0.977 bits per heavy atom.